The van der Waals surface area contributed by atoms with E-state index in [1.165, 1.54) is 0 Å². The lowest BCUT2D eigenvalue weighted by Gasteiger charge is -1.98. The molecule has 0 heterocycles. The Morgan fingerprint density at radius 2 is 1.67 bits per heavy atom. The van der Waals surface area contributed by atoms with E-state index in [-0.39, 0.29) is 5.78 Å². The van der Waals surface area contributed by atoms with Gasteiger partial charge in [0.2, 0.25) is 0 Å². The highest BCUT2D eigenvalue weighted by molar-refractivity contribution is 5.90. The Kier molecular flexibility index (Phi) is 16.0. The van der Waals surface area contributed by atoms with Crippen LogP contribution in [-0.2, 0) is 4.79 Å². The molecule has 2 nitrogen and oxygen atoms in total. The van der Waals surface area contributed by atoms with Gasteiger partial charge in [-0.05, 0) is 31.8 Å². The van der Waals surface area contributed by atoms with Gasteiger partial charge in [-0.1, -0.05) is 87.1 Å². The summed E-state index contributed by atoms with van der Waals surface area (Å²) in [7, 11) is 0. The zero-order valence-electron chi connectivity index (χ0n) is 15.1. The van der Waals surface area contributed by atoms with E-state index in [0.717, 1.165) is 25.7 Å². The normalized spacial score (nSPS) is 14.5. The molecule has 0 spiro atoms. The average Bonchev–Trinajstić information content (AvgIpc) is 2.58. The Morgan fingerprint density at radius 1 is 0.917 bits per heavy atom. The number of carbonyl (C=O) groups excluding carboxylic acids is 1. The van der Waals surface area contributed by atoms with Crippen molar-refractivity contribution < 1.29 is 9.90 Å². The van der Waals surface area contributed by atoms with Crippen molar-refractivity contribution in [1.29, 1.82) is 0 Å². The van der Waals surface area contributed by atoms with E-state index < -0.39 is 6.10 Å². The standard InChI is InChI=1S/C22H32O2/c1-3-5-7-9-10-14-18-22(24)20-16-12-11-15-19-21(23)17-13-8-6-4-2/h5,7-8,10-16,19-21,23H,3-4,6,9,17-18H2,1-2H3/b7-5-,12-11+,13-8-,14-10-,19-15+,20-16-/t21-/m0/s1. The minimum atomic E-state index is -0.458. The first-order chi connectivity index (χ1) is 11.7. The van der Waals surface area contributed by atoms with E-state index in [9.17, 15) is 9.90 Å². The number of aliphatic hydroxyl groups is 1. The summed E-state index contributed by atoms with van der Waals surface area (Å²) < 4.78 is 0. The summed E-state index contributed by atoms with van der Waals surface area (Å²) in [5, 5.41) is 9.71. The van der Waals surface area contributed by atoms with Crippen molar-refractivity contribution >= 4 is 5.78 Å². The zero-order valence-corrected chi connectivity index (χ0v) is 15.1. The Bertz CT molecular complexity index is 476. The summed E-state index contributed by atoms with van der Waals surface area (Å²) >= 11 is 0. The molecule has 0 aromatic carbocycles. The van der Waals surface area contributed by atoms with Gasteiger partial charge in [0.05, 0.1) is 6.10 Å². The van der Waals surface area contributed by atoms with Crippen molar-refractivity contribution in [2.24, 2.45) is 0 Å². The molecule has 0 saturated heterocycles. The van der Waals surface area contributed by atoms with Gasteiger partial charge in [0.25, 0.3) is 0 Å². The number of rotatable bonds is 13. The van der Waals surface area contributed by atoms with Crippen LogP contribution >= 0.6 is 0 Å². The van der Waals surface area contributed by atoms with Crippen LogP contribution in [0.5, 0.6) is 0 Å². The predicted octanol–water partition coefficient (Wildman–Crippen LogP) is 5.63. The van der Waals surface area contributed by atoms with Crippen LogP contribution in [-0.4, -0.2) is 17.0 Å². The molecule has 0 radical (unpaired) electrons. The molecule has 1 N–H and O–H groups in total. The third-order valence-corrected chi connectivity index (χ3v) is 3.11. The number of allylic oxidation sites excluding steroid dienone is 10. The third-order valence-electron chi connectivity index (χ3n) is 3.11. The first kappa shape index (κ1) is 22.1. The van der Waals surface area contributed by atoms with Crippen molar-refractivity contribution in [3.8, 4) is 0 Å². The molecular formula is C22H32O2. The van der Waals surface area contributed by atoms with Gasteiger partial charge in [-0.25, -0.2) is 0 Å². The average molecular weight is 328 g/mol. The minimum Gasteiger partial charge on any atom is -0.389 e. The molecule has 0 unspecified atom stereocenters. The number of aliphatic hydroxyl groups excluding tert-OH is 1. The lowest BCUT2D eigenvalue weighted by Crippen LogP contribution is -1.98. The molecule has 2 heteroatoms. The molecule has 0 aromatic rings. The van der Waals surface area contributed by atoms with Crippen LogP contribution in [0, 0.1) is 0 Å². The summed E-state index contributed by atoms with van der Waals surface area (Å²) in [6.07, 6.45) is 27.4. The maximum Gasteiger partial charge on any atom is 0.159 e. The van der Waals surface area contributed by atoms with E-state index in [1.807, 2.05) is 24.3 Å². The molecule has 0 amide bonds. The summed E-state index contributed by atoms with van der Waals surface area (Å²) in [4.78, 5) is 11.6. The predicted molar refractivity (Wildman–Crippen MR) is 105 cm³/mol. The van der Waals surface area contributed by atoms with E-state index >= 15 is 0 Å². The maximum atomic E-state index is 11.6. The molecule has 0 aromatic heterocycles. The molecule has 24 heavy (non-hydrogen) atoms. The fourth-order valence-electron chi connectivity index (χ4n) is 1.79. The fourth-order valence-corrected chi connectivity index (χ4v) is 1.79. The lowest BCUT2D eigenvalue weighted by molar-refractivity contribution is -0.113. The van der Waals surface area contributed by atoms with Crippen molar-refractivity contribution in [2.45, 2.75) is 58.5 Å². The zero-order chi connectivity index (χ0) is 17.9. The van der Waals surface area contributed by atoms with Gasteiger partial charge in [-0.3, -0.25) is 4.79 Å². The molecule has 0 fully saturated rings. The second-order valence-electron chi connectivity index (χ2n) is 5.45. The van der Waals surface area contributed by atoms with Crippen molar-refractivity contribution in [3.05, 3.63) is 72.9 Å². The van der Waals surface area contributed by atoms with Crippen molar-refractivity contribution in [3.63, 3.8) is 0 Å². The first-order valence-corrected chi connectivity index (χ1v) is 8.88. The maximum absolute atomic E-state index is 11.6. The third kappa shape index (κ3) is 16.4. The van der Waals surface area contributed by atoms with Gasteiger partial charge >= 0.3 is 0 Å². The van der Waals surface area contributed by atoms with E-state index in [0.29, 0.717) is 12.8 Å². The second-order valence-corrected chi connectivity index (χ2v) is 5.45. The Balaban J connectivity index is 3.91. The first-order valence-electron chi connectivity index (χ1n) is 8.88. The van der Waals surface area contributed by atoms with Crippen LogP contribution in [0.3, 0.4) is 0 Å². The Morgan fingerprint density at radius 3 is 2.42 bits per heavy atom. The molecule has 0 aliphatic carbocycles. The van der Waals surface area contributed by atoms with Crippen LogP contribution in [0.1, 0.15) is 52.4 Å². The molecule has 132 valence electrons. The highest BCUT2D eigenvalue weighted by atomic mass is 16.3. The number of hydrogen-bond donors (Lipinski definition) is 1. The molecule has 1 atom stereocenters. The monoisotopic (exact) mass is 328 g/mol. The van der Waals surface area contributed by atoms with Gasteiger partial charge in [0, 0.05) is 6.42 Å². The van der Waals surface area contributed by atoms with Gasteiger partial charge in [0.1, 0.15) is 0 Å². The van der Waals surface area contributed by atoms with Crippen molar-refractivity contribution in [1.82, 2.24) is 0 Å². The molecule has 0 saturated carbocycles. The number of unbranched alkanes of at least 4 members (excludes halogenated alkanes) is 1. The second kappa shape index (κ2) is 17.4. The highest BCUT2D eigenvalue weighted by Gasteiger charge is 1.92. The van der Waals surface area contributed by atoms with Gasteiger partial charge < -0.3 is 5.11 Å². The number of hydrogen-bond acceptors (Lipinski definition) is 2. The van der Waals surface area contributed by atoms with Crippen LogP contribution in [0.15, 0.2) is 72.9 Å². The highest BCUT2D eigenvalue weighted by Crippen LogP contribution is 1.98. The van der Waals surface area contributed by atoms with E-state index in [4.69, 9.17) is 0 Å². The molecule has 0 aliphatic heterocycles. The summed E-state index contributed by atoms with van der Waals surface area (Å²) in [6.45, 7) is 4.23. The quantitative estimate of drug-likeness (QED) is 0.270. The van der Waals surface area contributed by atoms with Gasteiger partial charge in [-0.15, -0.1) is 0 Å². The van der Waals surface area contributed by atoms with Crippen LogP contribution in [0.2, 0.25) is 0 Å². The Hall–Kier alpha value is -1.93. The SMILES string of the molecule is CC/C=C\C/C=C\CC(=O)\C=C/C=C/C=C/[C@@H](O)C/C=C\CCC. The lowest BCUT2D eigenvalue weighted by atomic mass is 10.2. The van der Waals surface area contributed by atoms with E-state index in [2.05, 4.69) is 32.1 Å². The van der Waals surface area contributed by atoms with Crippen molar-refractivity contribution in [2.75, 3.05) is 0 Å². The number of carbonyl (C=O) groups is 1. The van der Waals surface area contributed by atoms with Gasteiger partial charge in [-0.2, -0.15) is 0 Å². The minimum absolute atomic E-state index is 0.0837. The number of ketones is 1. The largest absolute Gasteiger partial charge is 0.389 e. The van der Waals surface area contributed by atoms with Gasteiger partial charge in [0.15, 0.2) is 5.78 Å². The molecular weight excluding hydrogens is 296 g/mol. The smallest absolute Gasteiger partial charge is 0.159 e. The Labute approximate surface area is 147 Å². The topological polar surface area (TPSA) is 37.3 Å². The van der Waals surface area contributed by atoms with Crippen LogP contribution in [0.4, 0.5) is 0 Å². The molecule has 0 bridgehead atoms. The van der Waals surface area contributed by atoms with Crippen LogP contribution in [0.25, 0.3) is 0 Å². The molecule has 0 rings (SSSR count). The fraction of sp³-hybridized carbons (Fsp3) is 0.409. The summed E-state index contributed by atoms with van der Waals surface area (Å²) in [5.41, 5.74) is 0. The van der Waals surface area contributed by atoms with E-state index in [1.54, 1.807) is 30.4 Å². The summed E-state index contributed by atoms with van der Waals surface area (Å²) in [5.74, 6) is 0.0837. The summed E-state index contributed by atoms with van der Waals surface area (Å²) in [6, 6.07) is 0. The van der Waals surface area contributed by atoms with Crippen LogP contribution < -0.4 is 0 Å². The molecule has 0 aliphatic rings.